The Morgan fingerprint density at radius 2 is 2.15 bits per heavy atom. The van der Waals surface area contributed by atoms with Crippen molar-refractivity contribution in [2.75, 3.05) is 18.8 Å². The van der Waals surface area contributed by atoms with Gasteiger partial charge in [-0.25, -0.2) is 0 Å². The number of nitrogens with zero attached hydrogens (tertiary/aromatic N) is 2. The van der Waals surface area contributed by atoms with Gasteiger partial charge in [0.1, 0.15) is 11.6 Å². The molecular formula is C20H21N5O2. The molecule has 1 aromatic carbocycles. The molecule has 2 atom stereocenters. The number of para-hydroxylation sites is 1. The minimum atomic E-state index is -0.334. The maximum Gasteiger partial charge on any atom is 0.246 e. The summed E-state index contributed by atoms with van der Waals surface area (Å²) < 4.78 is 0. The van der Waals surface area contributed by atoms with Gasteiger partial charge >= 0.3 is 0 Å². The molecule has 1 aliphatic heterocycles. The number of rotatable bonds is 4. The van der Waals surface area contributed by atoms with Gasteiger partial charge in [0.15, 0.2) is 0 Å². The van der Waals surface area contributed by atoms with Gasteiger partial charge in [-0.05, 0) is 30.4 Å². The Morgan fingerprint density at radius 3 is 2.81 bits per heavy atom. The first kappa shape index (κ1) is 18.1. The third kappa shape index (κ3) is 3.51. The Labute approximate surface area is 157 Å². The molecular weight excluding hydrogens is 342 g/mol. The molecule has 0 spiro atoms. The molecule has 1 amide bonds. The minimum absolute atomic E-state index is 0.0829. The van der Waals surface area contributed by atoms with Crippen LogP contribution in [-0.4, -0.2) is 34.0 Å². The number of carbonyl (C=O) groups excluding carboxylic acids is 1. The van der Waals surface area contributed by atoms with Crippen molar-refractivity contribution in [3.05, 3.63) is 59.8 Å². The van der Waals surface area contributed by atoms with Crippen LogP contribution in [0.4, 0.5) is 5.82 Å². The molecule has 3 rings (SSSR count). The van der Waals surface area contributed by atoms with Crippen LogP contribution in [0.25, 0.3) is 11.8 Å². The second kappa shape index (κ2) is 7.30. The van der Waals surface area contributed by atoms with Crippen molar-refractivity contribution >= 4 is 23.5 Å². The van der Waals surface area contributed by atoms with Crippen LogP contribution < -0.4 is 11.5 Å². The predicted molar refractivity (Wildman–Crippen MR) is 104 cm³/mol. The number of nitrogens with two attached hydrogens (primary N) is 2. The molecule has 0 radical (unpaired) electrons. The summed E-state index contributed by atoms with van der Waals surface area (Å²) in [7, 11) is 0. The highest BCUT2D eigenvalue weighted by atomic mass is 16.3. The van der Waals surface area contributed by atoms with E-state index in [1.54, 1.807) is 35.2 Å². The second-order valence-corrected chi connectivity index (χ2v) is 6.50. The smallest absolute Gasteiger partial charge is 0.246 e. The van der Waals surface area contributed by atoms with Gasteiger partial charge in [-0.2, -0.15) is 5.26 Å². The predicted octanol–water partition coefficient (Wildman–Crippen LogP) is 2.01. The van der Waals surface area contributed by atoms with Crippen LogP contribution in [0, 0.1) is 17.2 Å². The van der Waals surface area contributed by atoms with Gasteiger partial charge in [-0.1, -0.05) is 18.7 Å². The van der Waals surface area contributed by atoms with Gasteiger partial charge in [0.05, 0.1) is 12.0 Å². The number of nitrogen functional groups attached to an aromatic ring is 1. The van der Waals surface area contributed by atoms with Gasteiger partial charge in [-0.3, -0.25) is 4.79 Å². The topological polar surface area (TPSA) is 132 Å². The van der Waals surface area contributed by atoms with Crippen molar-refractivity contribution in [3.63, 3.8) is 0 Å². The lowest BCUT2D eigenvalue weighted by Gasteiger charge is -2.13. The molecule has 7 heteroatoms. The number of phenolic OH excluding ortho intramolecular Hbond substituents is 1. The number of nitrogens with one attached hydrogen (secondary N) is 1. The van der Waals surface area contributed by atoms with Crippen LogP contribution in [-0.2, 0) is 4.79 Å². The minimum Gasteiger partial charge on any atom is -0.507 e. The Kier molecular flexibility index (Phi) is 4.90. The SMILES string of the molecule is C=CC(=O)N1CC(C#N)C(c2cc(/C=C(\N)c3ccccc3O)c(N)[nH]2)C1. The number of hydrogen-bond acceptors (Lipinski definition) is 5. The van der Waals surface area contributed by atoms with Gasteiger partial charge in [0.25, 0.3) is 0 Å². The lowest BCUT2D eigenvalue weighted by molar-refractivity contribution is -0.125. The Balaban J connectivity index is 1.89. The molecule has 1 fully saturated rings. The summed E-state index contributed by atoms with van der Waals surface area (Å²) in [5.41, 5.74) is 14.5. The van der Waals surface area contributed by atoms with E-state index in [1.165, 1.54) is 6.08 Å². The van der Waals surface area contributed by atoms with E-state index in [-0.39, 0.29) is 23.5 Å². The second-order valence-electron chi connectivity index (χ2n) is 6.50. The highest BCUT2D eigenvalue weighted by molar-refractivity contribution is 5.87. The fourth-order valence-corrected chi connectivity index (χ4v) is 3.35. The number of hydrogen-bond donors (Lipinski definition) is 4. The molecule has 2 aromatic rings. The molecule has 0 aliphatic carbocycles. The normalized spacial score (nSPS) is 19.7. The number of carbonyl (C=O) groups is 1. The highest BCUT2D eigenvalue weighted by Crippen LogP contribution is 2.34. The van der Waals surface area contributed by atoms with Crippen molar-refractivity contribution in [2.24, 2.45) is 11.7 Å². The molecule has 1 aromatic heterocycles. The quantitative estimate of drug-likeness (QED) is 0.617. The summed E-state index contributed by atoms with van der Waals surface area (Å²) in [5.74, 6) is -0.205. The first-order valence-corrected chi connectivity index (χ1v) is 8.49. The molecule has 1 aliphatic rings. The van der Waals surface area contributed by atoms with Gasteiger partial charge in [0.2, 0.25) is 5.91 Å². The zero-order chi connectivity index (χ0) is 19.6. The zero-order valence-electron chi connectivity index (χ0n) is 14.7. The summed E-state index contributed by atoms with van der Waals surface area (Å²) >= 11 is 0. The number of benzene rings is 1. The molecule has 138 valence electrons. The van der Waals surface area contributed by atoms with Crippen molar-refractivity contribution < 1.29 is 9.90 Å². The van der Waals surface area contributed by atoms with Gasteiger partial charge in [-0.15, -0.1) is 0 Å². The number of H-pyrrole nitrogens is 1. The third-order valence-corrected chi connectivity index (χ3v) is 4.80. The number of aromatic nitrogens is 1. The fourth-order valence-electron chi connectivity index (χ4n) is 3.35. The molecule has 2 heterocycles. The number of anilines is 1. The number of aromatic hydroxyl groups is 1. The summed E-state index contributed by atoms with van der Waals surface area (Å²) in [6.07, 6.45) is 2.93. The monoisotopic (exact) mass is 363 g/mol. The number of nitriles is 1. The fraction of sp³-hybridized carbons (Fsp3) is 0.200. The average molecular weight is 363 g/mol. The summed E-state index contributed by atoms with van der Waals surface area (Å²) in [5, 5.41) is 19.4. The Morgan fingerprint density at radius 1 is 1.41 bits per heavy atom. The number of likely N-dealkylation sites (tertiary alicyclic amines) is 1. The van der Waals surface area contributed by atoms with E-state index < -0.39 is 0 Å². The van der Waals surface area contributed by atoms with E-state index in [2.05, 4.69) is 17.6 Å². The van der Waals surface area contributed by atoms with Crippen molar-refractivity contribution in [1.29, 1.82) is 5.26 Å². The van der Waals surface area contributed by atoms with Crippen molar-refractivity contribution in [3.8, 4) is 11.8 Å². The summed E-state index contributed by atoms with van der Waals surface area (Å²) in [4.78, 5) is 16.6. The summed E-state index contributed by atoms with van der Waals surface area (Å²) in [6.45, 7) is 4.27. The molecule has 2 unspecified atom stereocenters. The number of phenols is 1. The van der Waals surface area contributed by atoms with E-state index in [1.807, 2.05) is 6.07 Å². The Hall–Kier alpha value is -3.66. The van der Waals surface area contributed by atoms with E-state index in [0.717, 1.165) is 5.69 Å². The standard InChI is InChI=1S/C20H21N5O2/c1-2-19(27)25-10-13(9-21)15(11-25)17-8-12(20(23)24-17)7-16(22)14-5-3-4-6-18(14)26/h2-8,13,15,24,26H,1,10-11,22-23H2/b16-7-. The van der Waals surface area contributed by atoms with Gasteiger partial charge in [0, 0.05) is 41.5 Å². The van der Waals surface area contributed by atoms with E-state index in [4.69, 9.17) is 11.5 Å². The Bertz CT molecular complexity index is 954. The van der Waals surface area contributed by atoms with Crippen LogP contribution in [0.15, 0.2) is 43.0 Å². The first-order chi connectivity index (χ1) is 12.9. The first-order valence-electron chi connectivity index (χ1n) is 8.49. The largest absolute Gasteiger partial charge is 0.507 e. The maximum absolute atomic E-state index is 11.9. The van der Waals surface area contributed by atoms with Crippen molar-refractivity contribution in [2.45, 2.75) is 5.92 Å². The lowest BCUT2D eigenvalue weighted by Crippen LogP contribution is -2.26. The van der Waals surface area contributed by atoms with Crippen molar-refractivity contribution in [1.82, 2.24) is 9.88 Å². The highest BCUT2D eigenvalue weighted by Gasteiger charge is 2.36. The number of amides is 1. The van der Waals surface area contributed by atoms with Crippen LogP contribution in [0.1, 0.15) is 22.7 Å². The lowest BCUT2D eigenvalue weighted by atomic mass is 9.94. The molecule has 0 bridgehead atoms. The third-order valence-electron chi connectivity index (χ3n) is 4.80. The maximum atomic E-state index is 11.9. The van der Waals surface area contributed by atoms with E-state index in [9.17, 15) is 15.2 Å². The molecule has 6 N–H and O–H groups in total. The molecule has 7 nitrogen and oxygen atoms in total. The van der Waals surface area contributed by atoms with Crippen LogP contribution in [0.5, 0.6) is 5.75 Å². The molecule has 0 saturated carbocycles. The van der Waals surface area contributed by atoms with Crippen LogP contribution in [0.2, 0.25) is 0 Å². The summed E-state index contributed by atoms with van der Waals surface area (Å²) in [6, 6.07) is 10.9. The zero-order valence-corrected chi connectivity index (χ0v) is 14.7. The van der Waals surface area contributed by atoms with Gasteiger partial charge < -0.3 is 26.5 Å². The van der Waals surface area contributed by atoms with E-state index >= 15 is 0 Å². The van der Waals surface area contributed by atoms with Crippen LogP contribution >= 0.6 is 0 Å². The average Bonchev–Trinajstić information content (AvgIpc) is 3.25. The number of aromatic amines is 1. The van der Waals surface area contributed by atoms with Crippen LogP contribution in [0.3, 0.4) is 0 Å². The van der Waals surface area contributed by atoms with E-state index in [0.29, 0.717) is 35.7 Å². The molecule has 27 heavy (non-hydrogen) atoms. The molecule has 1 saturated heterocycles.